The fourth-order valence-corrected chi connectivity index (χ4v) is 3.88. The molecule has 2 atom stereocenters. The van der Waals surface area contributed by atoms with Gasteiger partial charge in [0, 0.05) is 29.5 Å². The largest absolute Gasteiger partial charge is 0.378 e. The molecule has 7 heteroatoms. The molecule has 0 radical (unpaired) electrons. The van der Waals surface area contributed by atoms with Crippen molar-refractivity contribution in [3.8, 4) is 0 Å². The van der Waals surface area contributed by atoms with Gasteiger partial charge in [0.25, 0.3) is 5.69 Å². The predicted molar refractivity (Wildman–Crippen MR) is 118 cm³/mol. The van der Waals surface area contributed by atoms with E-state index in [1.807, 2.05) is 61.5 Å². The standard InChI is InChI=1S/C23H22N4O3/c1-16-14-21(24-17-8-3-2-4-9-17)20-12-5-6-13-22(20)26(16)23(28)25-18-10-7-11-19(15-18)27(29)30/h2-13,15-16,21,24H,14H2,1H3,(H,25,28)/t16-,21+/m0/s1. The lowest BCUT2D eigenvalue weighted by Crippen LogP contribution is -2.46. The number of rotatable bonds is 4. The molecule has 2 amide bonds. The highest BCUT2D eigenvalue weighted by atomic mass is 16.6. The monoisotopic (exact) mass is 402 g/mol. The van der Waals surface area contributed by atoms with Crippen LogP contribution in [-0.2, 0) is 0 Å². The number of para-hydroxylation sites is 2. The number of nitrogens with one attached hydrogen (secondary N) is 2. The average molecular weight is 402 g/mol. The van der Waals surface area contributed by atoms with Gasteiger partial charge in [0.1, 0.15) is 0 Å². The van der Waals surface area contributed by atoms with Crippen LogP contribution in [0.4, 0.5) is 27.5 Å². The lowest BCUT2D eigenvalue weighted by atomic mass is 9.91. The number of carbonyl (C=O) groups is 1. The van der Waals surface area contributed by atoms with E-state index >= 15 is 0 Å². The van der Waals surface area contributed by atoms with Gasteiger partial charge in [-0.05, 0) is 43.2 Å². The summed E-state index contributed by atoms with van der Waals surface area (Å²) in [4.78, 5) is 25.4. The highest BCUT2D eigenvalue weighted by molar-refractivity contribution is 6.03. The number of nitrogens with zero attached hydrogens (tertiary/aromatic N) is 2. The van der Waals surface area contributed by atoms with E-state index in [2.05, 4.69) is 10.6 Å². The predicted octanol–water partition coefficient (Wildman–Crippen LogP) is 5.58. The van der Waals surface area contributed by atoms with E-state index < -0.39 is 4.92 Å². The van der Waals surface area contributed by atoms with Crippen LogP contribution in [0.25, 0.3) is 0 Å². The zero-order valence-electron chi connectivity index (χ0n) is 16.5. The Balaban J connectivity index is 1.60. The molecule has 7 nitrogen and oxygen atoms in total. The van der Waals surface area contributed by atoms with Crippen LogP contribution in [0.2, 0.25) is 0 Å². The minimum absolute atomic E-state index is 0.0629. The topological polar surface area (TPSA) is 87.5 Å². The summed E-state index contributed by atoms with van der Waals surface area (Å²) in [5.74, 6) is 0. The third-order valence-corrected chi connectivity index (χ3v) is 5.23. The number of hydrogen-bond donors (Lipinski definition) is 2. The highest BCUT2D eigenvalue weighted by Gasteiger charge is 2.33. The molecule has 3 aromatic rings. The third-order valence-electron chi connectivity index (χ3n) is 5.23. The van der Waals surface area contributed by atoms with Crippen LogP contribution >= 0.6 is 0 Å². The van der Waals surface area contributed by atoms with Crippen LogP contribution in [0, 0.1) is 10.1 Å². The van der Waals surface area contributed by atoms with Gasteiger partial charge in [-0.25, -0.2) is 4.79 Å². The van der Waals surface area contributed by atoms with Crippen LogP contribution < -0.4 is 15.5 Å². The number of fused-ring (bicyclic) bond motifs is 1. The minimum atomic E-state index is -0.478. The van der Waals surface area contributed by atoms with E-state index in [9.17, 15) is 14.9 Å². The van der Waals surface area contributed by atoms with Gasteiger partial charge in [-0.3, -0.25) is 15.0 Å². The fraction of sp³-hybridized carbons (Fsp3) is 0.174. The molecule has 3 aromatic carbocycles. The fourth-order valence-electron chi connectivity index (χ4n) is 3.88. The summed E-state index contributed by atoms with van der Waals surface area (Å²) in [6.45, 7) is 2.00. The van der Waals surface area contributed by atoms with Crippen LogP contribution in [0.15, 0.2) is 78.9 Å². The highest BCUT2D eigenvalue weighted by Crippen LogP contribution is 2.39. The first-order valence-corrected chi connectivity index (χ1v) is 9.78. The van der Waals surface area contributed by atoms with Crippen molar-refractivity contribution in [3.05, 3.63) is 94.5 Å². The molecule has 152 valence electrons. The van der Waals surface area contributed by atoms with E-state index in [0.29, 0.717) is 5.69 Å². The van der Waals surface area contributed by atoms with Crippen LogP contribution in [-0.4, -0.2) is 17.0 Å². The van der Waals surface area contributed by atoms with Gasteiger partial charge in [0.15, 0.2) is 0 Å². The lowest BCUT2D eigenvalue weighted by molar-refractivity contribution is -0.384. The van der Waals surface area contributed by atoms with Crippen molar-refractivity contribution in [2.24, 2.45) is 0 Å². The number of non-ortho nitro benzene ring substituents is 1. The van der Waals surface area contributed by atoms with Crippen molar-refractivity contribution in [1.82, 2.24) is 0 Å². The van der Waals surface area contributed by atoms with Gasteiger partial charge in [-0.1, -0.05) is 42.5 Å². The number of urea groups is 1. The smallest absolute Gasteiger partial charge is 0.326 e. The molecule has 1 aliphatic heterocycles. The van der Waals surface area contributed by atoms with Crippen molar-refractivity contribution in [2.45, 2.75) is 25.4 Å². The molecule has 0 aromatic heterocycles. The number of carbonyl (C=O) groups excluding carboxylic acids is 1. The summed E-state index contributed by atoms with van der Waals surface area (Å²) >= 11 is 0. The van der Waals surface area contributed by atoms with Gasteiger partial charge >= 0.3 is 6.03 Å². The minimum Gasteiger partial charge on any atom is -0.378 e. The van der Waals surface area contributed by atoms with Crippen molar-refractivity contribution in [1.29, 1.82) is 0 Å². The maximum atomic E-state index is 13.1. The van der Waals surface area contributed by atoms with Crippen molar-refractivity contribution in [2.75, 3.05) is 15.5 Å². The molecule has 1 heterocycles. The quantitative estimate of drug-likeness (QED) is 0.441. The van der Waals surface area contributed by atoms with Crippen molar-refractivity contribution >= 4 is 28.8 Å². The normalized spacial score (nSPS) is 17.7. The molecule has 0 aliphatic carbocycles. The second-order valence-electron chi connectivity index (χ2n) is 7.31. The van der Waals surface area contributed by atoms with Gasteiger partial charge in [0.2, 0.25) is 0 Å². The number of nitro groups is 1. The molecule has 1 aliphatic rings. The Morgan fingerprint density at radius 1 is 1.00 bits per heavy atom. The Kier molecular flexibility index (Phi) is 5.34. The van der Waals surface area contributed by atoms with Crippen LogP contribution in [0.1, 0.15) is 24.9 Å². The van der Waals surface area contributed by atoms with E-state index in [1.54, 1.807) is 17.0 Å². The van der Waals surface area contributed by atoms with Crippen LogP contribution in [0.3, 0.4) is 0 Å². The molecule has 0 bridgehead atoms. The molecular weight excluding hydrogens is 380 g/mol. The number of anilines is 3. The molecule has 0 unspecified atom stereocenters. The first-order valence-electron chi connectivity index (χ1n) is 9.78. The van der Waals surface area contributed by atoms with E-state index in [1.165, 1.54) is 12.1 Å². The number of amides is 2. The molecule has 2 N–H and O–H groups in total. The maximum absolute atomic E-state index is 13.1. The SMILES string of the molecule is C[C@H]1C[C@@H](Nc2ccccc2)c2ccccc2N1C(=O)Nc1cccc([N+](=O)[O-])c1. The molecule has 0 fully saturated rings. The molecule has 0 spiro atoms. The van der Waals surface area contributed by atoms with Gasteiger partial charge in [0.05, 0.1) is 16.7 Å². The second-order valence-corrected chi connectivity index (χ2v) is 7.31. The molecule has 4 rings (SSSR count). The Hall–Kier alpha value is -3.87. The maximum Gasteiger partial charge on any atom is 0.326 e. The van der Waals surface area contributed by atoms with Gasteiger partial charge in [-0.15, -0.1) is 0 Å². The number of hydrogen-bond acceptors (Lipinski definition) is 4. The Morgan fingerprint density at radius 3 is 2.47 bits per heavy atom. The molecule has 30 heavy (non-hydrogen) atoms. The first kappa shape index (κ1) is 19.4. The second kappa shape index (κ2) is 8.24. The molecule has 0 saturated carbocycles. The summed E-state index contributed by atoms with van der Waals surface area (Å²) in [5.41, 5.74) is 3.22. The summed E-state index contributed by atoms with van der Waals surface area (Å²) in [5, 5.41) is 17.4. The van der Waals surface area contributed by atoms with Gasteiger partial charge in [-0.2, -0.15) is 0 Å². The average Bonchev–Trinajstić information content (AvgIpc) is 2.74. The van der Waals surface area contributed by atoms with E-state index in [0.717, 1.165) is 23.4 Å². The van der Waals surface area contributed by atoms with Crippen molar-refractivity contribution < 1.29 is 9.72 Å². The molecular formula is C23H22N4O3. The Morgan fingerprint density at radius 2 is 1.70 bits per heavy atom. The number of nitro benzene ring substituents is 1. The van der Waals surface area contributed by atoms with Crippen LogP contribution in [0.5, 0.6) is 0 Å². The Labute approximate surface area is 174 Å². The summed E-state index contributed by atoms with van der Waals surface area (Å²) in [6, 6.07) is 23.5. The summed E-state index contributed by atoms with van der Waals surface area (Å²) < 4.78 is 0. The Bertz CT molecular complexity index is 1070. The van der Waals surface area contributed by atoms with E-state index in [-0.39, 0.29) is 23.8 Å². The number of benzene rings is 3. The van der Waals surface area contributed by atoms with Gasteiger partial charge < -0.3 is 10.6 Å². The summed E-state index contributed by atoms with van der Waals surface area (Å²) in [7, 11) is 0. The van der Waals surface area contributed by atoms with E-state index in [4.69, 9.17) is 0 Å². The molecule has 0 saturated heterocycles. The summed E-state index contributed by atoms with van der Waals surface area (Å²) in [6.07, 6.45) is 0.730. The zero-order chi connectivity index (χ0) is 21.1. The van der Waals surface area contributed by atoms with Crippen molar-refractivity contribution in [3.63, 3.8) is 0 Å². The third kappa shape index (κ3) is 3.96. The lowest BCUT2D eigenvalue weighted by Gasteiger charge is -2.39. The zero-order valence-corrected chi connectivity index (χ0v) is 16.5. The first-order chi connectivity index (χ1) is 14.5.